The number of alkyl halides is 3. The van der Waals surface area contributed by atoms with Crippen molar-refractivity contribution in [1.82, 2.24) is 9.61 Å². The summed E-state index contributed by atoms with van der Waals surface area (Å²) in [5.74, 6) is 0.194. The molecule has 2 aromatic rings. The van der Waals surface area contributed by atoms with E-state index in [4.69, 9.17) is 10.5 Å². The minimum atomic E-state index is -4.50. The summed E-state index contributed by atoms with van der Waals surface area (Å²) in [6, 6.07) is 3.81. The minimum absolute atomic E-state index is 0.173. The van der Waals surface area contributed by atoms with E-state index in [1.165, 1.54) is 19.2 Å². The molecule has 2 aromatic heterocycles. The van der Waals surface area contributed by atoms with Gasteiger partial charge in [-0.15, -0.1) is 0 Å². The number of methoxy groups -OCH3 is 1. The zero-order valence-corrected chi connectivity index (χ0v) is 8.25. The van der Waals surface area contributed by atoms with Crippen molar-refractivity contribution < 1.29 is 17.9 Å². The molecule has 0 spiro atoms. The van der Waals surface area contributed by atoms with Gasteiger partial charge in [-0.25, -0.2) is 0 Å². The highest BCUT2D eigenvalue weighted by atomic mass is 19.4. The Morgan fingerprint density at radius 2 is 2.06 bits per heavy atom. The minimum Gasteiger partial charge on any atom is -0.481 e. The number of anilines is 1. The smallest absolute Gasteiger partial charge is 0.435 e. The van der Waals surface area contributed by atoms with E-state index in [9.17, 15) is 13.2 Å². The Balaban J connectivity index is 2.73. The third-order valence-electron chi connectivity index (χ3n) is 2.12. The molecule has 0 saturated carbocycles. The van der Waals surface area contributed by atoms with Crippen molar-refractivity contribution in [3.05, 3.63) is 23.9 Å². The SMILES string of the molecule is COc1ccc(N)c2cc(C(F)(F)F)nn12. The fourth-order valence-corrected chi connectivity index (χ4v) is 1.36. The quantitative estimate of drug-likeness (QED) is 0.816. The first-order valence-corrected chi connectivity index (χ1v) is 4.33. The van der Waals surface area contributed by atoms with Crippen LogP contribution < -0.4 is 10.5 Å². The lowest BCUT2D eigenvalue weighted by molar-refractivity contribution is -0.141. The fraction of sp³-hybridized carbons (Fsp3) is 0.222. The van der Waals surface area contributed by atoms with Gasteiger partial charge in [0.05, 0.1) is 18.3 Å². The van der Waals surface area contributed by atoms with Gasteiger partial charge in [-0.1, -0.05) is 0 Å². The number of pyridine rings is 1. The van der Waals surface area contributed by atoms with E-state index in [1.54, 1.807) is 0 Å². The average Bonchev–Trinajstić information content (AvgIpc) is 2.63. The van der Waals surface area contributed by atoms with Gasteiger partial charge in [0.1, 0.15) is 0 Å². The normalized spacial score (nSPS) is 12.0. The van der Waals surface area contributed by atoms with Crippen LogP contribution in [0.15, 0.2) is 18.2 Å². The summed E-state index contributed by atoms with van der Waals surface area (Å²) in [7, 11) is 1.35. The molecule has 2 rings (SSSR count). The van der Waals surface area contributed by atoms with E-state index in [1.807, 2.05) is 0 Å². The molecule has 2 heterocycles. The molecule has 0 aliphatic heterocycles. The molecule has 0 unspecified atom stereocenters. The number of halogens is 3. The molecule has 0 bridgehead atoms. The van der Waals surface area contributed by atoms with Gasteiger partial charge < -0.3 is 10.5 Å². The number of rotatable bonds is 1. The number of ether oxygens (including phenoxy) is 1. The van der Waals surface area contributed by atoms with Crippen LogP contribution >= 0.6 is 0 Å². The van der Waals surface area contributed by atoms with Crippen LogP contribution in [-0.4, -0.2) is 16.7 Å². The standard InChI is InChI=1S/C9H8F3N3O/c1-16-8-3-2-5(13)6-4-7(9(10,11)12)14-15(6)8/h2-4H,13H2,1H3. The van der Waals surface area contributed by atoms with Gasteiger partial charge in [-0.05, 0) is 12.1 Å². The predicted octanol–water partition coefficient (Wildman–Crippen LogP) is 1.94. The highest BCUT2D eigenvalue weighted by Crippen LogP contribution is 2.31. The molecule has 0 atom stereocenters. The van der Waals surface area contributed by atoms with Gasteiger partial charge in [-0.2, -0.15) is 22.8 Å². The number of hydrogen-bond donors (Lipinski definition) is 1. The number of nitrogens with two attached hydrogens (primary N) is 1. The van der Waals surface area contributed by atoms with Gasteiger partial charge in [-0.3, -0.25) is 0 Å². The molecule has 4 nitrogen and oxygen atoms in total. The zero-order chi connectivity index (χ0) is 11.9. The molecule has 0 aromatic carbocycles. The summed E-state index contributed by atoms with van der Waals surface area (Å²) in [6.45, 7) is 0. The molecule has 0 fully saturated rings. The molecule has 0 saturated heterocycles. The van der Waals surface area contributed by atoms with Crippen molar-refractivity contribution in [1.29, 1.82) is 0 Å². The number of hydrogen-bond acceptors (Lipinski definition) is 3. The van der Waals surface area contributed by atoms with E-state index in [2.05, 4.69) is 5.10 Å². The second-order valence-electron chi connectivity index (χ2n) is 3.16. The fourth-order valence-electron chi connectivity index (χ4n) is 1.36. The molecular formula is C9H8F3N3O. The Hall–Kier alpha value is -1.92. The largest absolute Gasteiger partial charge is 0.481 e. The van der Waals surface area contributed by atoms with E-state index in [0.29, 0.717) is 0 Å². The summed E-state index contributed by atoms with van der Waals surface area (Å²) >= 11 is 0. The number of nitrogen functional groups attached to an aromatic ring is 1. The van der Waals surface area contributed by atoms with Gasteiger partial charge in [0.2, 0.25) is 5.88 Å². The zero-order valence-electron chi connectivity index (χ0n) is 8.25. The molecule has 16 heavy (non-hydrogen) atoms. The number of fused-ring (bicyclic) bond motifs is 1. The predicted molar refractivity (Wildman–Crippen MR) is 51.2 cm³/mol. The maximum atomic E-state index is 12.4. The molecule has 0 radical (unpaired) electrons. The second kappa shape index (κ2) is 3.29. The van der Waals surface area contributed by atoms with E-state index in [-0.39, 0.29) is 17.1 Å². The summed E-state index contributed by atoms with van der Waals surface area (Å²) < 4.78 is 43.2. The maximum absolute atomic E-state index is 12.4. The third-order valence-corrected chi connectivity index (χ3v) is 2.12. The van der Waals surface area contributed by atoms with Crippen molar-refractivity contribution in [2.75, 3.05) is 12.8 Å². The maximum Gasteiger partial charge on any atom is 0.435 e. The lowest BCUT2D eigenvalue weighted by Crippen LogP contribution is -2.06. The summed E-state index contributed by atoms with van der Waals surface area (Å²) in [6.07, 6.45) is -4.50. The van der Waals surface area contributed by atoms with Crippen LogP contribution in [-0.2, 0) is 6.18 Å². The Kier molecular flexibility index (Phi) is 2.18. The Morgan fingerprint density at radius 1 is 1.38 bits per heavy atom. The van der Waals surface area contributed by atoms with Crippen molar-refractivity contribution in [3.8, 4) is 5.88 Å². The first-order chi connectivity index (χ1) is 7.43. The highest BCUT2D eigenvalue weighted by molar-refractivity contribution is 5.70. The number of aromatic nitrogens is 2. The van der Waals surface area contributed by atoms with Crippen LogP contribution in [0.2, 0.25) is 0 Å². The summed E-state index contributed by atoms with van der Waals surface area (Å²) in [5.41, 5.74) is 4.94. The average molecular weight is 231 g/mol. The van der Waals surface area contributed by atoms with Gasteiger partial charge in [0, 0.05) is 6.07 Å². The first kappa shape index (κ1) is 10.6. The highest BCUT2D eigenvalue weighted by Gasteiger charge is 2.34. The summed E-state index contributed by atoms with van der Waals surface area (Å²) in [4.78, 5) is 0. The number of nitrogens with zero attached hydrogens (tertiary/aromatic N) is 2. The Labute approximate surface area is 88.4 Å². The van der Waals surface area contributed by atoms with Crippen LogP contribution in [0, 0.1) is 0 Å². The molecule has 0 aliphatic rings. The molecule has 7 heteroatoms. The lowest BCUT2D eigenvalue weighted by atomic mass is 10.3. The van der Waals surface area contributed by atoms with Gasteiger partial charge in [0.25, 0.3) is 0 Å². The molecular weight excluding hydrogens is 223 g/mol. The molecule has 0 amide bonds. The Morgan fingerprint density at radius 3 is 2.62 bits per heavy atom. The van der Waals surface area contributed by atoms with Crippen LogP contribution in [0.3, 0.4) is 0 Å². The first-order valence-electron chi connectivity index (χ1n) is 4.33. The van der Waals surface area contributed by atoms with Crippen molar-refractivity contribution >= 4 is 11.2 Å². The van der Waals surface area contributed by atoms with Crippen LogP contribution in [0.25, 0.3) is 5.52 Å². The van der Waals surface area contributed by atoms with Crippen LogP contribution in [0.4, 0.5) is 18.9 Å². The second-order valence-corrected chi connectivity index (χ2v) is 3.16. The van der Waals surface area contributed by atoms with Crippen LogP contribution in [0.1, 0.15) is 5.69 Å². The van der Waals surface area contributed by atoms with E-state index in [0.717, 1.165) is 10.6 Å². The topological polar surface area (TPSA) is 52.5 Å². The Bertz CT molecular complexity index is 533. The van der Waals surface area contributed by atoms with Crippen molar-refractivity contribution in [2.45, 2.75) is 6.18 Å². The molecule has 2 N–H and O–H groups in total. The van der Waals surface area contributed by atoms with Gasteiger partial charge >= 0.3 is 6.18 Å². The summed E-state index contributed by atoms with van der Waals surface area (Å²) in [5, 5.41) is 3.40. The van der Waals surface area contributed by atoms with E-state index >= 15 is 0 Å². The van der Waals surface area contributed by atoms with Crippen LogP contribution in [0.5, 0.6) is 5.88 Å². The molecule has 86 valence electrons. The molecule has 0 aliphatic carbocycles. The lowest BCUT2D eigenvalue weighted by Gasteiger charge is -2.04. The van der Waals surface area contributed by atoms with E-state index < -0.39 is 11.9 Å². The third kappa shape index (κ3) is 1.54. The van der Waals surface area contributed by atoms with Gasteiger partial charge in [0.15, 0.2) is 5.69 Å². The monoisotopic (exact) mass is 231 g/mol. The van der Waals surface area contributed by atoms with Crippen molar-refractivity contribution in [2.24, 2.45) is 0 Å². The van der Waals surface area contributed by atoms with Crippen molar-refractivity contribution in [3.63, 3.8) is 0 Å².